The highest BCUT2D eigenvalue weighted by molar-refractivity contribution is 8.00. The number of rotatable bonds is 8. The number of likely N-dealkylation sites (N-methyl/N-ethyl adjacent to an activating group) is 1. The zero-order valence-corrected chi connectivity index (χ0v) is 17.0. The molecule has 3 atom stereocenters. The van der Waals surface area contributed by atoms with Gasteiger partial charge >= 0.3 is 6.03 Å². The molecule has 4 amide bonds. The molecule has 2 aliphatic heterocycles. The topological polar surface area (TPSA) is 99.3 Å². The minimum atomic E-state index is -0.709. The van der Waals surface area contributed by atoms with Crippen molar-refractivity contribution in [3.8, 4) is 0 Å². The SMILES string of the molecule is CCNC(=O)C1(NC(=O)CCCC[C@@H]2SC[C@@H]3NC(=O)N[C@@H]32)CCCCC1. The Morgan fingerprint density at radius 3 is 2.70 bits per heavy atom. The molecule has 3 aliphatic rings. The first-order chi connectivity index (χ1) is 13.0. The van der Waals surface area contributed by atoms with Gasteiger partial charge < -0.3 is 21.3 Å². The third-order valence-electron chi connectivity index (χ3n) is 5.94. The molecule has 27 heavy (non-hydrogen) atoms. The fourth-order valence-electron chi connectivity index (χ4n) is 4.50. The average Bonchev–Trinajstić information content (AvgIpc) is 3.19. The smallest absolute Gasteiger partial charge is 0.315 e. The molecule has 2 saturated heterocycles. The van der Waals surface area contributed by atoms with E-state index in [2.05, 4.69) is 21.3 Å². The molecule has 0 radical (unpaired) electrons. The maximum absolute atomic E-state index is 12.5. The largest absolute Gasteiger partial charge is 0.354 e. The highest BCUT2D eigenvalue weighted by atomic mass is 32.2. The van der Waals surface area contributed by atoms with Gasteiger partial charge in [-0.25, -0.2) is 4.79 Å². The minimum absolute atomic E-state index is 0.0176. The number of carbonyl (C=O) groups excluding carboxylic acids is 3. The van der Waals surface area contributed by atoms with Crippen LogP contribution in [-0.2, 0) is 9.59 Å². The van der Waals surface area contributed by atoms with Crippen LogP contribution in [0.2, 0.25) is 0 Å². The number of hydrogen-bond donors (Lipinski definition) is 4. The molecule has 0 unspecified atom stereocenters. The van der Waals surface area contributed by atoms with Crippen LogP contribution in [0.4, 0.5) is 4.79 Å². The van der Waals surface area contributed by atoms with Crippen molar-refractivity contribution in [2.75, 3.05) is 12.3 Å². The monoisotopic (exact) mass is 396 g/mol. The molecule has 0 aromatic heterocycles. The molecule has 1 aliphatic carbocycles. The van der Waals surface area contributed by atoms with Crippen molar-refractivity contribution in [3.63, 3.8) is 0 Å². The predicted molar refractivity (Wildman–Crippen MR) is 107 cm³/mol. The molecule has 0 aromatic rings. The van der Waals surface area contributed by atoms with Gasteiger partial charge in [0.1, 0.15) is 5.54 Å². The van der Waals surface area contributed by atoms with Gasteiger partial charge in [-0.15, -0.1) is 0 Å². The van der Waals surface area contributed by atoms with Crippen molar-refractivity contribution in [2.45, 2.75) is 87.6 Å². The van der Waals surface area contributed by atoms with Gasteiger partial charge in [-0.1, -0.05) is 25.7 Å². The number of fused-ring (bicyclic) bond motifs is 1. The van der Waals surface area contributed by atoms with E-state index in [1.54, 1.807) is 0 Å². The third-order valence-corrected chi connectivity index (χ3v) is 7.45. The Labute approximate surface area is 165 Å². The maximum Gasteiger partial charge on any atom is 0.315 e. The van der Waals surface area contributed by atoms with Crippen LogP contribution in [0.1, 0.15) is 64.7 Å². The summed E-state index contributed by atoms with van der Waals surface area (Å²) >= 11 is 1.90. The van der Waals surface area contributed by atoms with Crippen LogP contribution < -0.4 is 21.3 Å². The molecular weight excluding hydrogens is 364 g/mol. The van der Waals surface area contributed by atoms with Crippen LogP contribution in [0.3, 0.4) is 0 Å². The number of hydrogen-bond acceptors (Lipinski definition) is 4. The molecule has 2 heterocycles. The fourth-order valence-corrected chi connectivity index (χ4v) is 6.04. The standard InChI is InChI=1S/C19H32N4O3S/c1-2-20-17(25)19(10-6-3-7-11-19)23-15(24)9-5-4-8-14-16-13(12-27-14)21-18(26)22-16/h13-14,16H,2-12H2,1H3,(H,20,25)(H,23,24)(H2,21,22,26)/t13-,14-,16-/m0/s1. The Morgan fingerprint density at radius 1 is 1.19 bits per heavy atom. The highest BCUT2D eigenvalue weighted by Gasteiger charge is 2.43. The maximum atomic E-state index is 12.5. The molecule has 0 spiro atoms. The van der Waals surface area contributed by atoms with Crippen LogP contribution in [0, 0.1) is 0 Å². The number of nitrogens with one attached hydrogen (secondary N) is 4. The van der Waals surface area contributed by atoms with E-state index in [1.807, 2.05) is 18.7 Å². The van der Waals surface area contributed by atoms with Gasteiger partial charge in [-0.3, -0.25) is 9.59 Å². The molecule has 0 bridgehead atoms. The molecule has 3 rings (SSSR count). The van der Waals surface area contributed by atoms with Crippen LogP contribution in [-0.4, -0.2) is 53.0 Å². The van der Waals surface area contributed by atoms with Crippen LogP contribution in [0.15, 0.2) is 0 Å². The molecule has 8 heteroatoms. The Balaban J connectivity index is 1.41. The van der Waals surface area contributed by atoms with Crippen molar-refractivity contribution in [1.82, 2.24) is 21.3 Å². The second-order valence-electron chi connectivity index (χ2n) is 7.92. The van der Waals surface area contributed by atoms with Gasteiger partial charge in [0, 0.05) is 24.0 Å². The van der Waals surface area contributed by atoms with E-state index in [9.17, 15) is 14.4 Å². The summed E-state index contributed by atoms with van der Waals surface area (Å²) in [6, 6.07) is 0.413. The van der Waals surface area contributed by atoms with Gasteiger partial charge in [0.25, 0.3) is 0 Å². The lowest BCUT2D eigenvalue weighted by atomic mass is 9.80. The molecule has 3 fully saturated rings. The van der Waals surface area contributed by atoms with Gasteiger partial charge in [0.05, 0.1) is 12.1 Å². The van der Waals surface area contributed by atoms with Crippen molar-refractivity contribution < 1.29 is 14.4 Å². The van der Waals surface area contributed by atoms with Gasteiger partial charge in [0.2, 0.25) is 11.8 Å². The Hall–Kier alpha value is -1.44. The summed E-state index contributed by atoms with van der Waals surface area (Å²) in [4.78, 5) is 36.4. The summed E-state index contributed by atoms with van der Waals surface area (Å²) in [7, 11) is 0. The van der Waals surface area contributed by atoms with Crippen LogP contribution >= 0.6 is 11.8 Å². The lowest BCUT2D eigenvalue weighted by Crippen LogP contribution is -2.59. The Morgan fingerprint density at radius 2 is 1.96 bits per heavy atom. The Kier molecular flexibility index (Phi) is 6.89. The number of carbonyl (C=O) groups is 3. The summed E-state index contributed by atoms with van der Waals surface area (Å²) in [6.07, 6.45) is 7.80. The molecule has 0 aromatic carbocycles. The molecule has 1 saturated carbocycles. The van der Waals surface area contributed by atoms with Crippen LogP contribution in [0.25, 0.3) is 0 Å². The summed E-state index contributed by atoms with van der Waals surface area (Å²) in [5.74, 6) is 0.913. The first-order valence-electron chi connectivity index (χ1n) is 10.3. The zero-order chi connectivity index (χ0) is 19.3. The second kappa shape index (κ2) is 9.17. The van der Waals surface area contributed by atoms with Gasteiger partial charge in [-0.05, 0) is 32.6 Å². The lowest BCUT2D eigenvalue weighted by molar-refractivity contribution is -0.135. The Bertz CT molecular complexity index is 565. The molecular formula is C19H32N4O3S. The molecule has 152 valence electrons. The predicted octanol–water partition coefficient (Wildman–Crippen LogP) is 1.67. The second-order valence-corrected chi connectivity index (χ2v) is 9.19. The van der Waals surface area contributed by atoms with Crippen molar-refractivity contribution in [2.24, 2.45) is 0 Å². The average molecular weight is 397 g/mol. The summed E-state index contributed by atoms with van der Waals surface area (Å²) < 4.78 is 0. The van der Waals surface area contributed by atoms with E-state index < -0.39 is 5.54 Å². The van der Waals surface area contributed by atoms with Gasteiger partial charge in [0.15, 0.2) is 0 Å². The van der Waals surface area contributed by atoms with Crippen molar-refractivity contribution in [1.29, 1.82) is 0 Å². The first kappa shape index (κ1) is 20.3. The first-order valence-corrected chi connectivity index (χ1v) is 11.4. The van der Waals surface area contributed by atoms with E-state index in [0.717, 1.165) is 57.1 Å². The van der Waals surface area contributed by atoms with E-state index in [4.69, 9.17) is 0 Å². The normalized spacial score (nSPS) is 28.8. The van der Waals surface area contributed by atoms with E-state index in [1.165, 1.54) is 0 Å². The van der Waals surface area contributed by atoms with Crippen LogP contribution in [0.5, 0.6) is 0 Å². The number of unbranched alkanes of at least 4 members (excludes halogenated alkanes) is 1. The minimum Gasteiger partial charge on any atom is -0.354 e. The summed E-state index contributed by atoms with van der Waals surface area (Å²) in [6.45, 7) is 2.49. The lowest BCUT2D eigenvalue weighted by Gasteiger charge is -2.36. The van der Waals surface area contributed by atoms with Crippen molar-refractivity contribution in [3.05, 3.63) is 0 Å². The fraction of sp³-hybridized carbons (Fsp3) is 0.842. The number of urea groups is 1. The zero-order valence-electron chi connectivity index (χ0n) is 16.1. The summed E-state index contributed by atoms with van der Waals surface area (Å²) in [5.41, 5.74) is -0.709. The van der Waals surface area contributed by atoms with Crippen molar-refractivity contribution >= 4 is 29.6 Å². The molecule has 7 nitrogen and oxygen atoms in total. The summed E-state index contributed by atoms with van der Waals surface area (Å²) in [5, 5.41) is 12.3. The van der Waals surface area contributed by atoms with E-state index in [-0.39, 0.29) is 29.9 Å². The quantitative estimate of drug-likeness (QED) is 0.370. The third kappa shape index (κ3) is 4.89. The highest BCUT2D eigenvalue weighted by Crippen LogP contribution is 2.33. The number of amides is 4. The van der Waals surface area contributed by atoms with E-state index >= 15 is 0 Å². The van der Waals surface area contributed by atoms with Gasteiger partial charge in [-0.2, -0.15) is 11.8 Å². The molecule has 4 N–H and O–H groups in total. The number of thioether (sulfide) groups is 1. The van der Waals surface area contributed by atoms with E-state index in [0.29, 0.717) is 18.2 Å².